The molecule has 2 aromatic carbocycles. The van der Waals surface area contributed by atoms with Gasteiger partial charge in [0, 0.05) is 38.6 Å². The number of hydrogen-bond acceptors (Lipinski definition) is 4. The normalized spacial score (nSPS) is 11.4. The molecule has 7 nitrogen and oxygen atoms in total. The highest BCUT2D eigenvalue weighted by Gasteiger charge is 2.27. The van der Waals surface area contributed by atoms with Gasteiger partial charge in [-0.25, -0.2) is 4.39 Å². The van der Waals surface area contributed by atoms with E-state index in [2.05, 4.69) is 10.3 Å². The number of hydrogen-bond donors (Lipinski definition) is 1. The van der Waals surface area contributed by atoms with Crippen molar-refractivity contribution in [3.05, 3.63) is 95.6 Å². The van der Waals surface area contributed by atoms with Gasteiger partial charge in [0.25, 0.3) is 5.91 Å². The number of aromatic nitrogens is 1. The fourth-order valence-corrected chi connectivity index (χ4v) is 3.96. The van der Waals surface area contributed by atoms with E-state index in [1.165, 1.54) is 32.3 Å². The van der Waals surface area contributed by atoms with Crippen molar-refractivity contribution in [2.24, 2.45) is 0 Å². The smallest absolute Gasteiger partial charge is 0.303 e. The van der Waals surface area contributed by atoms with Crippen LogP contribution in [0.3, 0.4) is 0 Å². The Bertz CT molecular complexity index is 1140. The minimum Gasteiger partial charge on any atom is -0.348 e. The van der Waals surface area contributed by atoms with Crippen molar-refractivity contribution in [1.29, 1.82) is 0 Å². The number of rotatable bonds is 8. The average Bonchev–Trinajstić information content (AvgIpc) is 2.77. The van der Waals surface area contributed by atoms with Crippen molar-refractivity contribution in [3.8, 4) is 0 Å². The maximum Gasteiger partial charge on any atom is 0.303 e. The van der Waals surface area contributed by atoms with Gasteiger partial charge in [0.05, 0.1) is 12.2 Å². The van der Waals surface area contributed by atoms with Crippen molar-refractivity contribution >= 4 is 21.8 Å². The Balaban J connectivity index is 1.77. The molecule has 1 heterocycles. The van der Waals surface area contributed by atoms with Crippen molar-refractivity contribution < 1.29 is 17.6 Å². The molecule has 1 aromatic heterocycles. The first-order chi connectivity index (χ1) is 14.8. The highest BCUT2D eigenvalue weighted by molar-refractivity contribution is 7.90. The monoisotopic (exact) mass is 442 g/mol. The van der Waals surface area contributed by atoms with E-state index in [-0.39, 0.29) is 18.1 Å². The zero-order chi connectivity index (χ0) is 22.4. The fraction of sp³-hybridized carbons (Fsp3) is 0.182. The summed E-state index contributed by atoms with van der Waals surface area (Å²) in [6.07, 6.45) is 3.33. The third kappa shape index (κ3) is 5.44. The molecule has 1 N–H and O–H groups in total. The first-order valence-corrected chi connectivity index (χ1v) is 10.9. The van der Waals surface area contributed by atoms with Crippen LogP contribution in [0.1, 0.15) is 21.5 Å². The largest absolute Gasteiger partial charge is 0.348 e. The van der Waals surface area contributed by atoms with E-state index in [1.807, 2.05) is 6.07 Å². The Morgan fingerprint density at radius 2 is 1.71 bits per heavy atom. The lowest BCUT2D eigenvalue weighted by Gasteiger charge is -2.27. The van der Waals surface area contributed by atoms with Gasteiger partial charge in [-0.2, -0.15) is 12.7 Å². The number of anilines is 1. The SMILES string of the molecule is CN(C)S(=O)(=O)N(Cc1ccc(C(=O)NCc2cccnc2)cc1)c1ccccc1F. The number of carbonyl (C=O) groups excluding carboxylic acids is 1. The summed E-state index contributed by atoms with van der Waals surface area (Å²) in [5.74, 6) is -0.901. The molecule has 0 aliphatic heterocycles. The van der Waals surface area contributed by atoms with Gasteiger partial charge < -0.3 is 5.32 Å². The van der Waals surface area contributed by atoms with Crippen molar-refractivity contribution in [3.63, 3.8) is 0 Å². The third-order valence-electron chi connectivity index (χ3n) is 4.58. The van der Waals surface area contributed by atoms with Crippen molar-refractivity contribution in [2.45, 2.75) is 13.1 Å². The molecule has 1 amide bonds. The van der Waals surface area contributed by atoms with E-state index in [9.17, 15) is 17.6 Å². The van der Waals surface area contributed by atoms with Crippen molar-refractivity contribution in [1.82, 2.24) is 14.6 Å². The topological polar surface area (TPSA) is 82.6 Å². The summed E-state index contributed by atoms with van der Waals surface area (Å²) < 4.78 is 42.0. The molecule has 0 spiro atoms. The summed E-state index contributed by atoms with van der Waals surface area (Å²) in [4.78, 5) is 16.4. The van der Waals surface area contributed by atoms with Crippen LogP contribution < -0.4 is 9.62 Å². The summed E-state index contributed by atoms with van der Waals surface area (Å²) >= 11 is 0. The summed E-state index contributed by atoms with van der Waals surface area (Å²) in [6.45, 7) is 0.260. The number of carbonyl (C=O) groups is 1. The Hall–Kier alpha value is -3.30. The zero-order valence-corrected chi connectivity index (χ0v) is 18.0. The van der Waals surface area contributed by atoms with Crippen LogP contribution in [0.5, 0.6) is 0 Å². The second-order valence-corrected chi connectivity index (χ2v) is 9.06. The molecular weight excluding hydrogens is 419 g/mol. The fourth-order valence-electron chi connectivity index (χ4n) is 2.86. The van der Waals surface area contributed by atoms with Crippen LogP contribution in [-0.4, -0.2) is 37.7 Å². The standard InChI is InChI=1S/C22H23FN4O3S/c1-26(2)31(29,30)27(21-8-4-3-7-20(21)23)16-17-9-11-19(12-10-17)22(28)25-15-18-6-5-13-24-14-18/h3-14H,15-16H2,1-2H3,(H,25,28). The maximum atomic E-state index is 14.3. The van der Waals surface area contributed by atoms with Gasteiger partial charge in [0.15, 0.2) is 0 Å². The van der Waals surface area contributed by atoms with E-state index in [1.54, 1.807) is 48.8 Å². The summed E-state index contributed by atoms with van der Waals surface area (Å²) in [5.41, 5.74) is 1.87. The zero-order valence-electron chi connectivity index (χ0n) is 17.2. The molecule has 9 heteroatoms. The molecule has 3 rings (SSSR count). The molecule has 0 saturated carbocycles. The molecule has 0 aliphatic rings. The van der Waals surface area contributed by atoms with Gasteiger partial charge in [-0.15, -0.1) is 0 Å². The number of nitrogens with zero attached hydrogens (tertiary/aromatic N) is 3. The van der Waals surface area contributed by atoms with Gasteiger partial charge in [-0.3, -0.25) is 14.1 Å². The number of halogens is 1. The molecule has 162 valence electrons. The first-order valence-electron chi connectivity index (χ1n) is 9.50. The Kier molecular flexibility index (Phi) is 6.98. The van der Waals surface area contributed by atoms with Crippen LogP contribution in [0.15, 0.2) is 73.1 Å². The van der Waals surface area contributed by atoms with Crippen molar-refractivity contribution in [2.75, 3.05) is 18.4 Å². The summed E-state index contributed by atoms with van der Waals surface area (Å²) in [6, 6.07) is 15.9. The van der Waals surface area contributed by atoms with Crippen LogP contribution in [0.4, 0.5) is 10.1 Å². The van der Waals surface area contributed by atoms with Crippen LogP contribution >= 0.6 is 0 Å². The Labute approximate surface area is 181 Å². The maximum absolute atomic E-state index is 14.3. The minimum absolute atomic E-state index is 0.0468. The predicted octanol–water partition coefficient (Wildman–Crippen LogP) is 2.96. The molecule has 0 saturated heterocycles. The number of pyridine rings is 1. The molecule has 0 fully saturated rings. The third-order valence-corrected chi connectivity index (χ3v) is 6.38. The second kappa shape index (κ2) is 9.67. The molecule has 0 aliphatic carbocycles. The number of para-hydroxylation sites is 1. The lowest BCUT2D eigenvalue weighted by Crippen LogP contribution is -2.40. The minimum atomic E-state index is -3.94. The molecule has 3 aromatic rings. The molecule has 0 unspecified atom stereocenters. The van der Waals surface area contributed by atoms with E-state index in [4.69, 9.17) is 0 Å². The van der Waals surface area contributed by atoms with E-state index >= 15 is 0 Å². The molecule has 31 heavy (non-hydrogen) atoms. The van der Waals surface area contributed by atoms with Crippen LogP contribution in [-0.2, 0) is 23.3 Å². The molecule has 0 radical (unpaired) electrons. The van der Waals surface area contributed by atoms with Gasteiger partial charge >= 0.3 is 10.2 Å². The second-order valence-electron chi connectivity index (χ2n) is 6.99. The predicted molar refractivity (Wildman–Crippen MR) is 117 cm³/mol. The molecule has 0 atom stereocenters. The summed E-state index contributed by atoms with van der Waals surface area (Å²) in [5, 5.41) is 2.81. The van der Waals surface area contributed by atoms with Gasteiger partial charge in [-0.05, 0) is 41.5 Å². The van der Waals surface area contributed by atoms with Gasteiger partial charge in [0.1, 0.15) is 5.82 Å². The average molecular weight is 443 g/mol. The first kappa shape index (κ1) is 22.4. The van der Waals surface area contributed by atoms with E-state index < -0.39 is 16.0 Å². The lowest BCUT2D eigenvalue weighted by atomic mass is 10.1. The number of benzene rings is 2. The highest BCUT2D eigenvalue weighted by Crippen LogP contribution is 2.25. The van der Waals surface area contributed by atoms with Crippen LogP contribution in [0, 0.1) is 5.82 Å². The van der Waals surface area contributed by atoms with E-state index in [0.29, 0.717) is 17.7 Å². The van der Waals surface area contributed by atoms with Crippen LogP contribution in [0.25, 0.3) is 0 Å². The van der Waals surface area contributed by atoms with E-state index in [0.717, 1.165) is 14.2 Å². The number of amides is 1. The quantitative estimate of drug-likeness (QED) is 0.582. The highest BCUT2D eigenvalue weighted by atomic mass is 32.2. The molecular formula is C22H23FN4O3S. The summed E-state index contributed by atoms with van der Waals surface area (Å²) in [7, 11) is -1.16. The van der Waals surface area contributed by atoms with Gasteiger partial charge in [-0.1, -0.05) is 30.3 Å². The van der Waals surface area contributed by atoms with Crippen LogP contribution in [0.2, 0.25) is 0 Å². The lowest BCUT2D eigenvalue weighted by molar-refractivity contribution is 0.0951. The van der Waals surface area contributed by atoms with Gasteiger partial charge in [0.2, 0.25) is 0 Å². The number of nitrogens with one attached hydrogen (secondary N) is 1. The Morgan fingerprint density at radius 3 is 2.32 bits per heavy atom. The Morgan fingerprint density at radius 1 is 1.00 bits per heavy atom. The molecule has 0 bridgehead atoms.